The topological polar surface area (TPSA) is 29.3 Å². The van der Waals surface area contributed by atoms with Crippen LogP contribution in [0.25, 0.3) is 0 Å². The van der Waals surface area contributed by atoms with Crippen molar-refractivity contribution in [2.75, 3.05) is 20.1 Å². The molecule has 0 aliphatic rings. The van der Waals surface area contributed by atoms with Crippen molar-refractivity contribution in [3.8, 4) is 0 Å². The molecule has 0 aliphatic heterocycles. The number of likely N-dealkylation sites (N-methyl/N-ethyl adjacent to an activating group) is 1. The summed E-state index contributed by atoms with van der Waals surface area (Å²) in [7, 11) is 2.10. The number of hydrogen-bond donors (Lipinski definition) is 1. The summed E-state index contributed by atoms with van der Waals surface area (Å²) < 4.78 is 0.870. The Morgan fingerprint density at radius 2 is 2.29 bits per heavy atom. The minimum absolute atomic E-state index is 0.243. The first kappa shape index (κ1) is 12.0. The normalized spacial score (nSPS) is 13.5. The van der Waals surface area contributed by atoms with Gasteiger partial charge in [-0.25, -0.2) is 0 Å². The van der Waals surface area contributed by atoms with Crippen molar-refractivity contribution in [3.05, 3.63) is 21.3 Å². The second kappa shape index (κ2) is 5.71. The van der Waals surface area contributed by atoms with E-state index in [1.165, 1.54) is 4.88 Å². The summed E-state index contributed by atoms with van der Waals surface area (Å²) in [4.78, 5) is 3.59. The van der Waals surface area contributed by atoms with Gasteiger partial charge in [-0.2, -0.15) is 0 Å². The fraction of sp³-hybridized carbons (Fsp3) is 0.600. The lowest BCUT2D eigenvalue weighted by atomic mass is 10.3. The molecule has 2 nitrogen and oxygen atoms in total. The van der Waals surface area contributed by atoms with E-state index in [1.54, 1.807) is 11.3 Å². The summed E-state index contributed by atoms with van der Waals surface area (Å²) in [6, 6.07) is 4.28. The van der Waals surface area contributed by atoms with Crippen LogP contribution in [0.2, 0.25) is 4.34 Å². The molecule has 0 saturated carbocycles. The van der Waals surface area contributed by atoms with Gasteiger partial charge in [0.1, 0.15) is 0 Å². The van der Waals surface area contributed by atoms with Crippen LogP contribution in [-0.2, 0) is 6.42 Å². The van der Waals surface area contributed by atoms with E-state index >= 15 is 0 Å². The molecule has 4 heteroatoms. The van der Waals surface area contributed by atoms with E-state index in [2.05, 4.69) is 18.0 Å². The van der Waals surface area contributed by atoms with Crippen LogP contribution in [0.3, 0.4) is 0 Å². The summed E-state index contributed by atoms with van der Waals surface area (Å²) in [6.45, 7) is 4.01. The van der Waals surface area contributed by atoms with Gasteiger partial charge in [0.25, 0.3) is 0 Å². The summed E-state index contributed by atoms with van der Waals surface area (Å²) in [6.07, 6.45) is 1.06. The van der Waals surface area contributed by atoms with E-state index in [4.69, 9.17) is 17.3 Å². The summed E-state index contributed by atoms with van der Waals surface area (Å²) >= 11 is 7.50. The van der Waals surface area contributed by atoms with Crippen molar-refractivity contribution >= 4 is 22.9 Å². The van der Waals surface area contributed by atoms with Crippen LogP contribution in [0, 0.1) is 0 Å². The molecule has 0 aromatic carbocycles. The largest absolute Gasteiger partial charge is 0.327 e. The Balaban J connectivity index is 2.26. The Labute approximate surface area is 94.7 Å². The Hall–Kier alpha value is -0.0900. The lowest BCUT2D eigenvalue weighted by molar-refractivity contribution is 0.322. The molecule has 0 amide bonds. The van der Waals surface area contributed by atoms with Crippen LogP contribution in [0.5, 0.6) is 0 Å². The first-order valence-corrected chi connectivity index (χ1v) is 5.95. The minimum atomic E-state index is 0.243. The molecular formula is C10H17ClN2S. The highest BCUT2D eigenvalue weighted by Gasteiger charge is 2.03. The smallest absolute Gasteiger partial charge is 0.0931 e. The number of rotatable bonds is 5. The third kappa shape index (κ3) is 4.42. The number of nitrogens with zero attached hydrogens (tertiary/aromatic N) is 1. The first-order valence-electron chi connectivity index (χ1n) is 4.76. The van der Waals surface area contributed by atoms with Gasteiger partial charge in [0.15, 0.2) is 0 Å². The fourth-order valence-electron chi connectivity index (χ4n) is 1.37. The van der Waals surface area contributed by atoms with Gasteiger partial charge in [0, 0.05) is 24.0 Å². The van der Waals surface area contributed by atoms with Crippen LogP contribution >= 0.6 is 22.9 Å². The Bertz CT molecular complexity index is 273. The van der Waals surface area contributed by atoms with Crippen molar-refractivity contribution < 1.29 is 0 Å². The molecule has 0 radical (unpaired) electrons. The van der Waals surface area contributed by atoms with E-state index in [1.807, 2.05) is 13.0 Å². The van der Waals surface area contributed by atoms with E-state index < -0.39 is 0 Å². The molecule has 0 bridgehead atoms. The average Bonchev–Trinajstić information content (AvgIpc) is 2.47. The highest BCUT2D eigenvalue weighted by molar-refractivity contribution is 7.16. The zero-order valence-corrected chi connectivity index (χ0v) is 10.2. The zero-order valence-electron chi connectivity index (χ0n) is 8.66. The lowest BCUT2D eigenvalue weighted by Gasteiger charge is -2.18. The molecule has 1 atom stereocenters. The first-order chi connectivity index (χ1) is 6.58. The van der Waals surface area contributed by atoms with Gasteiger partial charge in [0.05, 0.1) is 4.34 Å². The molecule has 80 valence electrons. The standard InChI is InChI=1S/C10H17ClN2S/c1-8(12)7-13(2)6-5-9-3-4-10(11)14-9/h3-4,8H,5-7,12H2,1-2H3. The quantitative estimate of drug-likeness (QED) is 0.844. The zero-order chi connectivity index (χ0) is 10.6. The van der Waals surface area contributed by atoms with Crippen LogP contribution in [0.15, 0.2) is 12.1 Å². The van der Waals surface area contributed by atoms with Gasteiger partial charge in [-0.3, -0.25) is 0 Å². The van der Waals surface area contributed by atoms with E-state index in [0.29, 0.717) is 0 Å². The molecule has 1 aromatic heterocycles. The fourth-order valence-corrected chi connectivity index (χ4v) is 2.45. The van der Waals surface area contributed by atoms with Crippen molar-refractivity contribution in [2.45, 2.75) is 19.4 Å². The minimum Gasteiger partial charge on any atom is -0.327 e. The maximum absolute atomic E-state index is 5.84. The average molecular weight is 233 g/mol. The van der Waals surface area contributed by atoms with Crippen LogP contribution in [-0.4, -0.2) is 31.1 Å². The lowest BCUT2D eigenvalue weighted by Crippen LogP contribution is -2.33. The molecule has 0 fully saturated rings. The second-order valence-electron chi connectivity index (χ2n) is 3.70. The van der Waals surface area contributed by atoms with Crippen LogP contribution < -0.4 is 5.73 Å². The van der Waals surface area contributed by atoms with E-state index in [9.17, 15) is 0 Å². The SMILES string of the molecule is CC(N)CN(C)CCc1ccc(Cl)s1. The molecule has 0 spiro atoms. The van der Waals surface area contributed by atoms with Gasteiger partial charge in [0.2, 0.25) is 0 Å². The Kier molecular flexibility index (Phi) is 4.89. The number of hydrogen-bond acceptors (Lipinski definition) is 3. The number of nitrogens with two attached hydrogens (primary N) is 1. The van der Waals surface area contributed by atoms with Crippen LogP contribution in [0.1, 0.15) is 11.8 Å². The molecule has 14 heavy (non-hydrogen) atoms. The maximum Gasteiger partial charge on any atom is 0.0931 e. The van der Waals surface area contributed by atoms with E-state index in [0.717, 1.165) is 23.8 Å². The van der Waals surface area contributed by atoms with Crippen molar-refractivity contribution in [1.29, 1.82) is 0 Å². The van der Waals surface area contributed by atoms with Gasteiger partial charge < -0.3 is 10.6 Å². The van der Waals surface area contributed by atoms with Gasteiger partial charge in [-0.15, -0.1) is 11.3 Å². The predicted octanol–water partition coefficient (Wildman–Crippen LogP) is 2.22. The molecule has 0 aliphatic carbocycles. The summed E-state index contributed by atoms with van der Waals surface area (Å²) in [5.74, 6) is 0. The highest BCUT2D eigenvalue weighted by Crippen LogP contribution is 2.21. The molecule has 0 saturated heterocycles. The predicted molar refractivity (Wildman–Crippen MR) is 64.2 cm³/mol. The molecule has 1 heterocycles. The molecule has 2 N–H and O–H groups in total. The van der Waals surface area contributed by atoms with Crippen molar-refractivity contribution in [3.63, 3.8) is 0 Å². The van der Waals surface area contributed by atoms with E-state index in [-0.39, 0.29) is 6.04 Å². The van der Waals surface area contributed by atoms with Gasteiger partial charge in [-0.1, -0.05) is 11.6 Å². The third-order valence-electron chi connectivity index (χ3n) is 1.97. The van der Waals surface area contributed by atoms with Gasteiger partial charge >= 0.3 is 0 Å². The van der Waals surface area contributed by atoms with Gasteiger partial charge in [-0.05, 0) is 32.5 Å². The molecule has 1 unspecified atom stereocenters. The second-order valence-corrected chi connectivity index (χ2v) is 5.49. The number of thiophene rings is 1. The highest BCUT2D eigenvalue weighted by atomic mass is 35.5. The Morgan fingerprint density at radius 3 is 2.79 bits per heavy atom. The molecule has 1 rings (SSSR count). The number of halogens is 1. The third-order valence-corrected chi connectivity index (χ3v) is 3.26. The molecule has 1 aromatic rings. The monoisotopic (exact) mass is 232 g/mol. The van der Waals surface area contributed by atoms with Crippen molar-refractivity contribution in [1.82, 2.24) is 4.90 Å². The maximum atomic E-state index is 5.84. The van der Waals surface area contributed by atoms with Crippen LogP contribution in [0.4, 0.5) is 0 Å². The Morgan fingerprint density at radius 1 is 1.57 bits per heavy atom. The summed E-state index contributed by atoms with van der Waals surface area (Å²) in [5.41, 5.74) is 5.71. The molecular weight excluding hydrogens is 216 g/mol. The summed E-state index contributed by atoms with van der Waals surface area (Å²) in [5, 5.41) is 0. The van der Waals surface area contributed by atoms with Crippen molar-refractivity contribution in [2.24, 2.45) is 5.73 Å².